The van der Waals surface area contributed by atoms with E-state index in [4.69, 9.17) is 28.3 Å². The summed E-state index contributed by atoms with van der Waals surface area (Å²) in [5.74, 6) is 0. The van der Waals surface area contributed by atoms with E-state index in [9.17, 15) is 20.4 Å². The number of rotatable bonds is 8. The standard InChI is InChI=1S/C14H21Cl2NO5/c1-17(5-8-2-3-9(15)4-10(8)16)6-11(19)13(21)14(22)12(20)7-18/h2-4,11-14,18-22H,5-7H2,1H3. The first-order valence-corrected chi connectivity index (χ1v) is 7.47. The third-order valence-electron chi connectivity index (χ3n) is 3.28. The lowest BCUT2D eigenvalue weighted by atomic mass is 10.0. The molecule has 0 saturated heterocycles. The number of halogens is 2. The molecule has 1 aromatic rings. The number of aliphatic hydroxyl groups excluding tert-OH is 5. The molecule has 0 aliphatic heterocycles. The van der Waals surface area contributed by atoms with Gasteiger partial charge < -0.3 is 25.5 Å². The Kier molecular flexibility index (Phi) is 8.02. The molecule has 1 rings (SSSR count). The molecule has 4 unspecified atom stereocenters. The van der Waals surface area contributed by atoms with Gasteiger partial charge in [0.1, 0.15) is 18.3 Å². The maximum Gasteiger partial charge on any atom is 0.111 e. The molecule has 0 saturated carbocycles. The molecule has 0 spiro atoms. The fourth-order valence-electron chi connectivity index (χ4n) is 2.00. The highest BCUT2D eigenvalue weighted by Crippen LogP contribution is 2.22. The molecule has 22 heavy (non-hydrogen) atoms. The van der Waals surface area contributed by atoms with Crippen LogP contribution >= 0.6 is 23.2 Å². The van der Waals surface area contributed by atoms with Crippen molar-refractivity contribution in [1.29, 1.82) is 0 Å². The highest BCUT2D eigenvalue weighted by molar-refractivity contribution is 6.35. The van der Waals surface area contributed by atoms with E-state index in [0.717, 1.165) is 5.56 Å². The topological polar surface area (TPSA) is 104 Å². The van der Waals surface area contributed by atoms with Crippen molar-refractivity contribution in [1.82, 2.24) is 4.90 Å². The molecule has 0 aliphatic carbocycles. The average Bonchev–Trinajstić information content (AvgIpc) is 2.47. The normalized spacial score (nSPS) is 17.3. The molecule has 0 aromatic heterocycles. The third-order valence-corrected chi connectivity index (χ3v) is 3.87. The minimum Gasteiger partial charge on any atom is -0.394 e. The summed E-state index contributed by atoms with van der Waals surface area (Å²) in [6, 6.07) is 5.07. The van der Waals surface area contributed by atoms with Crippen molar-refractivity contribution >= 4 is 23.2 Å². The predicted molar refractivity (Wildman–Crippen MR) is 83.9 cm³/mol. The fourth-order valence-corrected chi connectivity index (χ4v) is 2.46. The minimum absolute atomic E-state index is 0.0370. The quantitative estimate of drug-likeness (QED) is 0.445. The van der Waals surface area contributed by atoms with Crippen LogP contribution in [0.25, 0.3) is 0 Å². The molecule has 126 valence electrons. The Morgan fingerprint density at radius 2 is 1.64 bits per heavy atom. The molecule has 4 atom stereocenters. The van der Waals surface area contributed by atoms with Crippen molar-refractivity contribution in [3.63, 3.8) is 0 Å². The third kappa shape index (κ3) is 5.64. The molecule has 0 amide bonds. The van der Waals surface area contributed by atoms with Crippen LogP contribution in [0, 0.1) is 0 Å². The summed E-state index contributed by atoms with van der Waals surface area (Å²) in [7, 11) is 1.70. The largest absolute Gasteiger partial charge is 0.394 e. The number of benzene rings is 1. The van der Waals surface area contributed by atoms with E-state index in [2.05, 4.69) is 0 Å². The first-order chi connectivity index (χ1) is 10.3. The van der Waals surface area contributed by atoms with Gasteiger partial charge in [-0.05, 0) is 24.7 Å². The number of aliphatic hydroxyl groups is 5. The van der Waals surface area contributed by atoms with E-state index in [0.29, 0.717) is 16.6 Å². The number of likely N-dealkylation sites (N-methyl/N-ethyl adjacent to an activating group) is 1. The van der Waals surface area contributed by atoms with Crippen molar-refractivity contribution < 1.29 is 25.5 Å². The lowest BCUT2D eigenvalue weighted by Gasteiger charge is -2.28. The summed E-state index contributed by atoms with van der Waals surface area (Å²) in [5.41, 5.74) is 0.797. The molecule has 0 fully saturated rings. The Bertz CT molecular complexity index is 477. The van der Waals surface area contributed by atoms with Crippen LogP contribution in [-0.4, -0.2) is 75.0 Å². The van der Waals surface area contributed by atoms with E-state index >= 15 is 0 Å². The van der Waals surface area contributed by atoms with Crippen molar-refractivity contribution in [2.75, 3.05) is 20.2 Å². The van der Waals surface area contributed by atoms with Crippen LogP contribution in [0.2, 0.25) is 10.0 Å². The lowest BCUT2D eigenvalue weighted by molar-refractivity contribution is -0.118. The zero-order chi connectivity index (χ0) is 16.9. The Hall–Kier alpha value is -0.440. The predicted octanol–water partition coefficient (Wildman–Crippen LogP) is -0.139. The van der Waals surface area contributed by atoms with Gasteiger partial charge in [-0.15, -0.1) is 0 Å². The van der Waals surface area contributed by atoms with Gasteiger partial charge in [0.05, 0.1) is 12.7 Å². The Morgan fingerprint density at radius 1 is 1.05 bits per heavy atom. The molecule has 0 aliphatic rings. The van der Waals surface area contributed by atoms with E-state index in [1.165, 1.54) is 0 Å². The van der Waals surface area contributed by atoms with Crippen molar-refractivity contribution in [2.45, 2.75) is 31.0 Å². The van der Waals surface area contributed by atoms with Gasteiger partial charge in [-0.2, -0.15) is 0 Å². The SMILES string of the molecule is CN(Cc1ccc(Cl)cc1Cl)CC(O)C(O)C(O)C(O)CO. The number of nitrogens with zero attached hydrogens (tertiary/aromatic N) is 1. The molecule has 0 radical (unpaired) electrons. The van der Waals surface area contributed by atoms with E-state index in [1.807, 2.05) is 0 Å². The number of hydrogen-bond acceptors (Lipinski definition) is 6. The molecule has 1 aromatic carbocycles. The molecule has 5 N–H and O–H groups in total. The van der Waals surface area contributed by atoms with E-state index in [-0.39, 0.29) is 6.54 Å². The van der Waals surface area contributed by atoms with Crippen molar-refractivity contribution in [3.8, 4) is 0 Å². The second-order valence-corrected chi connectivity index (χ2v) is 6.07. The van der Waals surface area contributed by atoms with Gasteiger partial charge in [-0.25, -0.2) is 0 Å². The Labute approximate surface area is 139 Å². The van der Waals surface area contributed by atoms with Gasteiger partial charge in [0, 0.05) is 23.1 Å². The molecule has 6 nitrogen and oxygen atoms in total. The molecular weight excluding hydrogens is 333 g/mol. The number of hydrogen-bond donors (Lipinski definition) is 5. The maximum atomic E-state index is 9.90. The summed E-state index contributed by atoms with van der Waals surface area (Å²) in [5, 5.41) is 48.2. The summed E-state index contributed by atoms with van der Waals surface area (Å²) in [6.45, 7) is -0.269. The highest BCUT2D eigenvalue weighted by Gasteiger charge is 2.30. The van der Waals surface area contributed by atoms with Crippen LogP contribution in [-0.2, 0) is 6.54 Å². The van der Waals surface area contributed by atoms with Crippen LogP contribution < -0.4 is 0 Å². The van der Waals surface area contributed by atoms with Gasteiger partial charge in [-0.1, -0.05) is 29.3 Å². The van der Waals surface area contributed by atoms with Gasteiger partial charge in [0.2, 0.25) is 0 Å². The monoisotopic (exact) mass is 353 g/mol. The fraction of sp³-hybridized carbons (Fsp3) is 0.571. The van der Waals surface area contributed by atoms with Gasteiger partial charge >= 0.3 is 0 Å². The van der Waals surface area contributed by atoms with Gasteiger partial charge in [0.25, 0.3) is 0 Å². The lowest BCUT2D eigenvalue weighted by Crippen LogP contribution is -2.49. The van der Waals surface area contributed by atoms with Crippen molar-refractivity contribution in [2.24, 2.45) is 0 Å². The zero-order valence-electron chi connectivity index (χ0n) is 12.1. The van der Waals surface area contributed by atoms with Crippen LogP contribution in [0.15, 0.2) is 18.2 Å². The summed E-state index contributed by atoms with van der Waals surface area (Å²) in [4.78, 5) is 1.70. The van der Waals surface area contributed by atoms with Crippen LogP contribution in [0.3, 0.4) is 0 Å². The molecule has 8 heteroatoms. The molecule has 0 heterocycles. The summed E-state index contributed by atoms with van der Waals surface area (Å²) in [6.07, 6.45) is -6.02. The second kappa shape index (κ2) is 9.00. The van der Waals surface area contributed by atoms with Crippen molar-refractivity contribution in [3.05, 3.63) is 33.8 Å². The van der Waals surface area contributed by atoms with Crippen LogP contribution in [0.4, 0.5) is 0 Å². The maximum absolute atomic E-state index is 9.90. The minimum atomic E-state index is -1.63. The summed E-state index contributed by atoms with van der Waals surface area (Å²) < 4.78 is 0. The van der Waals surface area contributed by atoms with Crippen LogP contribution in [0.5, 0.6) is 0 Å². The Balaban J connectivity index is 2.58. The first kappa shape index (κ1) is 19.6. The second-order valence-electron chi connectivity index (χ2n) is 5.23. The van der Waals surface area contributed by atoms with E-state index in [1.54, 1.807) is 30.1 Å². The molecule has 0 bridgehead atoms. The average molecular weight is 354 g/mol. The highest BCUT2D eigenvalue weighted by atomic mass is 35.5. The zero-order valence-corrected chi connectivity index (χ0v) is 13.6. The van der Waals surface area contributed by atoms with E-state index < -0.39 is 31.0 Å². The van der Waals surface area contributed by atoms with Gasteiger partial charge in [-0.3, -0.25) is 4.90 Å². The Morgan fingerprint density at radius 3 is 2.18 bits per heavy atom. The summed E-state index contributed by atoms with van der Waals surface area (Å²) >= 11 is 11.9. The van der Waals surface area contributed by atoms with Gasteiger partial charge in [0.15, 0.2) is 0 Å². The molecular formula is C14H21Cl2NO5. The first-order valence-electron chi connectivity index (χ1n) is 6.71. The van der Waals surface area contributed by atoms with Crippen LogP contribution in [0.1, 0.15) is 5.56 Å². The smallest absolute Gasteiger partial charge is 0.111 e.